The molecule has 0 unspecified atom stereocenters. The molecular weight excluding hydrogens is 442 g/mol. The lowest BCUT2D eigenvalue weighted by molar-refractivity contribution is 0.102. The zero-order valence-corrected chi connectivity index (χ0v) is 19.1. The third kappa shape index (κ3) is 3.24. The number of rotatable bonds is 3. The van der Waals surface area contributed by atoms with Crippen LogP contribution in [0, 0.1) is 6.92 Å². The van der Waals surface area contributed by atoms with Crippen molar-refractivity contribution in [3.63, 3.8) is 0 Å². The Morgan fingerprint density at radius 2 is 1.88 bits per heavy atom. The number of thiophene rings is 1. The van der Waals surface area contributed by atoms with Crippen molar-refractivity contribution in [2.24, 2.45) is 21.1 Å². The smallest absolute Gasteiger partial charge is 0.321 e. The molecule has 0 aliphatic rings. The lowest BCUT2D eigenvalue weighted by atomic mass is 10.1. The van der Waals surface area contributed by atoms with Crippen molar-refractivity contribution >= 4 is 45.0 Å². The topological polar surface area (TPSA) is 117 Å². The summed E-state index contributed by atoms with van der Waals surface area (Å²) in [6.45, 7) is 1.83. The number of hydrogen-bond donors (Lipinski definition) is 1. The number of anilines is 1. The van der Waals surface area contributed by atoms with E-state index in [0.717, 1.165) is 9.44 Å². The summed E-state index contributed by atoms with van der Waals surface area (Å²) in [5, 5.41) is 10.1. The fourth-order valence-electron chi connectivity index (χ4n) is 3.91. The van der Waals surface area contributed by atoms with Gasteiger partial charge in [0.15, 0.2) is 5.65 Å². The summed E-state index contributed by atoms with van der Waals surface area (Å²) in [4.78, 5) is 48.0. The predicted molar refractivity (Wildman–Crippen MR) is 127 cm³/mol. The van der Waals surface area contributed by atoms with E-state index < -0.39 is 11.2 Å². The SMILES string of the molecule is Cc1nn(C)c2nc(-c3cccs3)cc(C(=O)Nc3cnc4c(c3)c(=O)n(C)c(=O)n4C)c12. The van der Waals surface area contributed by atoms with Crippen molar-refractivity contribution < 1.29 is 4.79 Å². The lowest BCUT2D eigenvalue weighted by Gasteiger charge is -2.10. The minimum absolute atomic E-state index is 0.231. The van der Waals surface area contributed by atoms with Crippen LogP contribution >= 0.6 is 11.3 Å². The maximum absolute atomic E-state index is 13.4. The molecule has 5 heterocycles. The number of pyridine rings is 2. The Labute approximate surface area is 190 Å². The number of aryl methyl sites for hydroxylation is 3. The molecule has 5 aromatic heterocycles. The molecule has 0 saturated heterocycles. The van der Waals surface area contributed by atoms with E-state index in [1.807, 2.05) is 24.4 Å². The number of aromatic nitrogens is 6. The molecule has 0 bridgehead atoms. The van der Waals surface area contributed by atoms with E-state index in [1.165, 1.54) is 35.2 Å². The van der Waals surface area contributed by atoms with Crippen LogP contribution in [0.3, 0.4) is 0 Å². The molecule has 33 heavy (non-hydrogen) atoms. The first-order valence-electron chi connectivity index (χ1n) is 10.0. The predicted octanol–water partition coefficient (Wildman–Crippen LogP) is 2.20. The molecule has 10 nitrogen and oxygen atoms in total. The van der Waals surface area contributed by atoms with Crippen LogP contribution in [0.2, 0.25) is 0 Å². The minimum atomic E-state index is -0.480. The van der Waals surface area contributed by atoms with Crippen LogP contribution in [-0.4, -0.2) is 34.8 Å². The average molecular weight is 462 g/mol. The van der Waals surface area contributed by atoms with Gasteiger partial charge in [-0.3, -0.25) is 23.4 Å². The molecule has 0 aromatic carbocycles. The number of nitrogens with one attached hydrogen (secondary N) is 1. The molecule has 0 aliphatic heterocycles. The first kappa shape index (κ1) is 20.8. The van der Waals surface area contributed by atoms with Gasteiger partial charge in [0.25, 0.3) is 11.5 Å². The summed E-state index contributed by atoms with van der Waals surface area (Å²) in [5.74, 6) is -0.376. The summed E-state index contributed by atoms with van der Waals surface area (Å²) in [7, 11) is 4.73. The van der Waals surface area contributed by atoms with Gasteiger partial charge in [0.2, 0.25) is 0 Å². The van der Waals surface area contributed by atoms with Gasteiger partial charge in [-0.15, -0.1) is 11.3 Å². The van der Waals surface area contributed by atoms with Crippen molar-refractivity contribution in [3.8, 4) is 10.6 Å². The van der Waals surface area contributed by atoms with E-state index >= 15 is 0 Å². The molecule has 1 amide bonds. The fraction of sp³-hybridized carbons (Fsp3) is 0.182. The van der Waals surface area contributed by atoms with E-state index in [2.05, 4.69) is 15.4 Å². The van der Waals surface area contributed by atoms with Crippen LogP contribution in [0.15, 0.2) is 45.4 Å². The van der Waals surface area contributed by atoms with Crippen molar-refractivity contribution in [1.82, 2.24) is 28.9 Å². The first-order chi connectivity index (χ1) is 15.8. The fourth-order valence-corrected chi connectivity index (χ4v) is 4.59. The van der Waals surface area contributed by atoms with Crippen molar-refractivity contribution in [1.29, 1.82) is 0 Å². The highest BCUT2D eigenvalue weighted by molar-refractivity contribution is 7.13. The van der Waals surface area contributed by atoms with Gasteiger partial charge in [0.05, 0.1) is 44.5 Å². The van der Waals surface area contributed by atoms with Gasteiger partial charge in [0.1, 0.15) is 5.65 Å². The molecule has 0 atom stereocenters. The maximum Gasteiger partial charge on any atom is 0.332 e. The number of hydrogen-bond acceptors (Lipinski definition) is 7. The third-order valence-corrected chi connectivity index (χ3v) is 6.43. The Hall–Kier alpha value is -4.12. The van der Waals surface area contributed by atoms with Crippen LogP contribution in [-0.2, 0) is 21.1 Å². The van der Waals surface area contributed by atoms with E-state index in [4.69, 9.17) is 4.98 Å². The van der Waals surface area contributed by atoms with Crippen LogP contribution in [0.5, 0.6) is 0 Å². The average Bonchev–Trinajstić information content (AvgIpc) is 3.44. The number of carbonyl (C=O) groups is 1. The van der Waals surface area contributed by atoms with Gasteiger partial charge in [0, 0.05) is 21.1 Å². The van der Waals surface area contributed by atoms with E-state index in [0.29, 0.717) is 33.7 Å². The van der Waals surface area contributed by atoms with Crippen molar-refractivity contribution in [2.45, 2.75) is 6.92 Å². The molecule has 5 rings (SSSR count). The van der Waals surface area contributed by atoms with Gasteiger partial charge >= 0.3 is 5.69 Å². The molecule has 0 saturated carbocycles. The first-order valence-corrected chi connectivity index (χ1v) is 10.9. The number of nitrogens with zero attached hydrogens (tertiary/aromatic N) is 6. The molecule has 0 fully saturated rings. The Bertz CT molecular complexity index is 1690. The Morgan fingerprint density at radius 1 is 1.09 bits per heavy atom. The monoisotopic (exact) mass is 461 g/mol. The highest BCUT2D eigenvalue weighted by Gasteiger charge is 2.20. The van der Waals surface area contributed by atoms with E-state index in [9.17, 15) is 14.4 Å². The van der Waals surface area contributed by atoms with Gasteiger partial charge in [-0.25, -0.2) is 14.8 Å². The Morgan fingerprint density at radius 3 is 2.61 bits per heavy atom. The number of fused-ring (bicyclic) bond motifs is 2. The molecule has 11 heteroatoms. The molecular formula is C22H19N7O3S. The molecule has 5 aromatic rings. The quantitative estimate of drug-likeness (QED) is 0.440. The summed E-state index contributed by atoms with van der Waals surface area (Å²) in [6.07, 6.45) is 1.42. The van der Waals surface area contributed by atoms with Crippen LogP contribution in [0.1, 0.15) is 16.1 Å². The zero-order valence-electron chi connectivity index (χ0n) is 18.3. The largest absolute Gasteiger partial charge is 0.332 e. The number of carbonyl (C=O) groups excluding carboxylic acids is 1. The molecule has 0 spiro atoms. The second-order valence-corrected chi connectivity index (χ2v) is 8.64. The summed E-state index contributed by atoms with van der Waals surface area (Å²) >= 11 is 1.53. The lowest BCUT2D eigenvalue weighted by Crippen LogP contribution is -2.37. The van der Waals surface area contributed by atoms with Crippen LogP contribution < -0.4 is 16.6 Å². The molecule has 166 valence electrons. The summed E-state index contributed by atoms with van der Waals surface area (Å²) in [6, 6.07) is 7.14. The minimum Gasteiger partial charge on any atom is -0.321 e. The van der Waals surface area contributed by atoms with Gasteiger partial charge < -0.3 is 5.32 Å². The van der Waals surface area contributed by atoms with Gasteiger partial charge in [-0.05, 0) is 30.5 Å². The zero-order chi connectivity index (χ0) is 23.4. The molecule has 1 N–H and O–H groups in total. The second kappa shape index (κ2) is 7.48. The third-order valence-electron chi connectivity index (χ3n) is 5.54. The van der Waals surface area contributed by atoms with E-state index in [-0.39, 0.29) is 16.9 Å². The standard InChI is InChI=1S/C22H19N7O3S/c1-11-17-13(9-15(16-6-5-7-33-16)25-19(17)29(4)26-11)20(30)24-12-8-14-18(23-10-12)27(2)22(32)28(3)21(14)31/h5-10H,1-4H3,(H,24,30). The van der Waals surface area contributed by atoms with Gasteiger partial charge in [-0.2, -0.15) is 5.10 Å². The van der Waals surface area contributed by atoms with Gasteiger partial charge in [-0.1, -0.05) is 6.07 Å². The molecule has 0 radical (unpaired) electrons. The summed E-state index contributed by atoms with van der Waals surface area (Å²) < 4.78 is 3.95. The normalized spacial score (nSPS) is 11.4. The van der Waals surface area contributed by atoms with Crippen molar-refractivity contribution in [2.75, 3.05) is 5.32 Å². The summed E-state index contributed by atoms with van der Waals surface area (Å²) in [5.41, 5.74) is 2.01. The Balaban J connectivity index is 1.63. The maximum atomic E-state index is 13.4. The van der Waals surface area contributed by atoms with Crippen molar-refractivity contribution in [3.05, 3.63) is 67.9 Å². The van der Waals surface area contributed by atoms with Crippen LogP contribution in [0.25, 0.3) is 32.6 Å². The van der Waals surface area contributed by atoms with E-state index in [1.54, 1.807) is 24.8 Å². The highest BCUT2D eigenvalue weighted by atomic mass is 32.1. The Kier molecular flexibility index (Phi) is 4.71. The highest BCUT2D eigenvalue weighted by Crippen LogP contribution is 2.29. The second-order valence-electron chi connectivity index (χ2n) is 7.70. The van der Waals surface area contributed by atoms with Crippen LogP contribution in [0.4, 0.5) is 5.69 Å². The molecule has 0 aliphatic carbocycles. The number of amides is 1.